The number of ether oxygens (including phenoxy) is 2. The van der Waals surface area contributed by atoms with Crippen LogP contribution in [0.1, 0.15) is 44.6 Å². The number of aryl methyl sites for hydroxylation is 1. The van der Waals surface area contributed by atoms with Crippen LogP contribution in [0, 0.1) is 12.8 Å². The molecule has 1 aliphatic carbocycles. The van der Waals surface area contributed by atoms with Gasteiger partial charge in [0.25, 0.3) is 0 Å². The Hall–Kier alpha value is -2.08. The van der Waals surface area contributed by atoms with Gasteiger partial charge in [-0.3, -0.25) is 9.59 Å². The fraction of sp³-hybridized carbons (Fsp3) is 0.600. The third-order valence-corrected chi connectivity index (χ3v) is 5.13. The summed E-state index contributed by atoms with van der Waals surface area (Å²) in [7, 11) is 0. The Balaban J connectivity index is 1.53. The molecule has 6 heteroatoms. The lowest BCUT2D eigenvalue weighted by atomic mass is 10.1. The maximum absolute atomic E-state index is 12.1. The van der Waals surface area contributed by atoms with E-state index >= 15 is 0 Å². The predicted octanol–water partition coefficient (Wildman–Crippen LogP) is 2.80. The highest BCUT2D eigenvalue weighted by Gasteiger charge is 2.25. The van der Waals surface area contributed by atoms with Crippen molar-refractivity contribution in [3.05, 3.63) is 23.8 Å². The van der Waals surface area contributed by atoms with E-state index in [0.29, 0.717) is 11.6 Å². The molecule has 2 atom stereocenters. The van der Waals surface area contributed by atoms with Gasteiger partial charge in [-0.15, -0.1) is 0 Å². The molecule has 142 valence electrons. The van der Waals surface area contributed by atoms with Crippen molar-refractivity contribution < 1.29 is 19.1 Å². The van der Waals surface area contributed by atoms with E-state index in [1.54, 1.807) is 6.07 Å². The Morgan fingerprint density at radius 2 is 1.88 bits per heavy atom. The number of hydrogen-bond acceptors (Lipinski definition) is 4. The Morgan fingerprint density at radius 3 is 2.54 bits per heavy atom. The molecule has 1 aliphatic heterocycles. The quantitative estimate of drug-likeness (QED) is 0.810. The van der Waals surface area contributed by atoms with Crippen LogP contribution in [0.3, 0.4) is 0 Å². The molecule has 0 bridgehead atoms. The molecule has 1 aromatic rings. The average molecular weight is 360 g/mol. The Kier molecular flexibility index (Phi) is 6.14. The molecular formula is C20H28N2O4. The highest BCUT2D eigenvalue weighted by atomic mass is 16.5. The summed E-state index contributed by atoms with van der Waals surface area (Å²) in [5.41, 5.74) is 1.53. The molecule has 2 fully saturated rings. The minimum absolute atomic E-state index is 0.111. The fourth-order valence-electron chi connectivity index (χ4n) is 3.61. The molecule has 1 saturated carbocycles. The van der Waals surface area contributed by atoms with Crippen LogP contribution in [-0.4, -0.2) is 37.2 Å². The van der Waals surface area contributed by atoms with Crippen LogP contribution in [0.15, 0.2) is 18.2 Å². The summed E-state index contributed by atoms with van der Waals surface area (Å²) in [6, 6.07) is 5.55. The van der Waals surface area contributed by atoms with Gasteiger partial charge in [-0.05, 0) is 55.9 Å². The maximum Gasteiger partial charge on any atom is 0.313 e. The number of carbonyl (C=O) groups is 2. The van der Waals surface area contributed by atoms with Crippen molar-refractivity contribution in [3.63, 3.8) is 0 Å². The lowest BCUT2D eigenvalue weighted by Gasteiger charge is -2.24. The number of amides is 2. The van der Waals surface area contributed by atoms with Crippen molar-refractivity contribution in [1.82, 2.24) is 5.32 Å². The van der Waals surface area contributed by atoms with Crippen molar-refractivity contribution >= 4 is 17.5 Å². The molecule has 0 spiro atoms. The molecule has 1 heterocycles. The molecule has 1 saturated heterocycles. The zero-order valence-corrected chi connectivity index (χ0v) is 15.5. The van der Waals surface area contributed by atoms with Gasteiger partial charge in [0.1, 0.15) is 11.9 Å². The second-order valence-corrected chi connectivity index (χ2v) is 7.45. The second kappa shape index (κ2) is 8.54. The minimum Gasteiger partial charge on any atom is -0.490 e. The van der Waals surface area contributed by atoms with Crippen LogP contribution in [0.25, 0.3) is 0 Å². The summed E-state index contributed by atoms with van der Waals surface area (Å²) in [4.78, 5) is 24.2. The Morgan fingerprint density at radius 1 is 1.12 bits per heavy atom. The molecule has 3 rings (SSSR count). The van der Waals surface area contributed by atoms with Crippen LogP contribution in [0.2, 0.25) is 0 Å². The van der Waals surface area contributed by atoms with E-state index in [9.17, 15) is 9.59 Å². The van der Waals surface area contributed by atoms with Gasteiger partial charge in [0.2, 0.25) is 0 Å². The summed E-state index contributed by atoms with van der Waals surface area (Å²) in [6.45, 7) is 5.56. The van der Waals surface area contributed by atoms with Crippen LogP contribution < -0.4 is 15.4 Å². The number of benzene rings is 1. The van der Waals surface area contributed by atoms with E-state index in [0.717, 1.165) is 56.6 Å². The van der Waals surface area contributed by atoms with Crippen molar-refractivity contribution in [3.8, 4) is 5.75 Å². The molecular weight excluding hydrogens is 332 g/mol. The fourth-order valence-corrected chi connectivity index (χ4v) is 3.61. The summed E-state index contributed by atoms with van der Waals surface area (Å²) < 4.78 is 11.4. The van der Waals surface area contributed by atoms with E-state index < -0.39 is 11.8 Å². The number of rotatable bonds is 4. The SMILES string of the molecule is Cc1cc(NC(=O)C(=O)NC2CCC(C)C2)ccc1OC1CCOCC1. The lowest BCUT2D eigenvalue weighted by Crippen LogP contribution is -2.40. The first-order valence-electron chi connectivity index (χ1n) is 9.48. The van der Waals surface area contributed by atoms with E-state index in [-0.39, 0.29) is 12.1 Å². The zero-order chi connectivity index (χ0) is 18.5. The van der Waals surface area contributed by atoms with Gasteiger partial charge in [-0.25, -0.2) is 0 Å². The second-order valence-electron chi connectivity index (χ2n) is 7.45. The third kappa shape index (κ3) is 4.97. The number of carbonyl (C=O) groups excluding carboxylic acids is 2. The topological polar surface area (TPSA) is 76.7 Å². The Bertz CT molecular complexity index is 655. The summed E-state index contributed by atoms with van der Waals surface area (Å²) in [5.74, 6) is 0.222. The van der Waals surface area contributed by atoms with Gasteiger partial charge in [0.15, 0.2) is 0 Å². The van der Waals surface area contributed by atoms with Crippen LogP contribution in [0.4, 0.5) is 5.69 Å². The number of nitrogens with one attached hydrogen (secondary N) is 2. The largest absolute Gasteiger partial charge is 0.490 e. The van der Waals surface area contributed by atoms with Gasteiger partial charge in [-0.2, -0.15) is 0 Å². The van der Waals surface area contributed by atoms with E-state index in [1.807, 2.05) is 19.1 Å². The predicted molar refractivity (Wildman–Crippen MR) is 99.2 cm³/mol. The maximum atomic E-state index is 12.1. The van der Waals surface area contributed by atoms with Crippen LogP contribution in [0.5, 0.6) is 5.75 Å². The highest BCUT2D eigenvalue weighted by molar-refractivity contribution is 6.39. The van der Waals surface area contributed by atoms with Gasteiger partial charge >= 0.3 is 11.8 Å². The van der Waals surface area contributed by atoms with E-state index in [1.165, 1.54) is 0 Å². The molecule has 2 N–H and O–H groups in total. The van der Waals surface area contributed by atoms with Gasteiger partial charge < -0.3 is 20.1 Å². The molecule has 26 heavy (non-hydrogen) atoms. The first kappa shape index (κ1) is 18.7. The molecule has 2 unspecified atom stereocenters. The van der Waals surface area contributed by atoms with Gasteiger partial charge in [-0.1, -0.05) is 6.92 Å². The first-order valence-corrected chi connectivity index (χ1v) is 9.48. The normalized spacial score (nSPS) is 23.5. The lowest BCUT2D eigenvalue weighted by molar-refractivity contribution is -0.136. The van der Waals surface area contributed by atoms with Crippen LogP contribution >= 0.6 is 0 Å². The molecule has 1 aromatic carbocycles. The van der Waals surface area contributed by atoms with E-state index in [2.05, 4.69) is 17.6 Å². The van der Waals surface area contributed by atoms with Crippen molar-refractivity contribution in [2.24, 2.45) is 5.92 Å². The smallest absolute Gasteiger partial charge is 0.313 e. The van der Waals surface area contributed by atoms with Crippen molar-refractivity contribution in [2.75, 3.05) is 18.5 Å². The molecule has 2 amide bonds. The Labute approximate surface area is 154 Å². The zero-order valence-electron chi connectivity index (χ0n) is 15.5. The van der Waals surface area contributed by atoms with Gasteiger partial charge in [0, 0.05) is 24.6 Å². The van der Waals surface area contributed by atoms with E-state index in [4.69, 9.17) is 9.47 Å². The molecule has 6 nitrogen and oxygen atoms in total. The average Bonchev–Trinajstić information content (AvgIpc) is 3.03. The minimum atomic E-state index is -0.623. The van der Waals surface area contributed by atoms with Crippen molar-refractivity contribution in [1.29, 1.82) is 0 Å². The van der Waals surface area contributed by atoms with Crippen LogP contribution in [-0.2, 0) is 14.3 Å². The summed E-state index contributed by atoms with van der Waals surface area (Å²) >= 11 is 0. The summed E-state index contributed by atoms with van der Waals surface area (Å²) in [6.07, 6.45) is 4.92. The molecule has 0 aromatic heterocycles. The number of anilines is 1. The third-order valence-electron chi connectivity index (χ3n) is 5.13. The monoisotopic (exact) mass is 360 g/mol. The first-order chi connectivity index (χ1) is 12.5. The molecule has 0 radical (unpaired) electrons. The standard InChI is InChI=1S/C20H28N2O4/c1-13-3-4-15(11-13)21-19(23)20(24)22-16-5-6-18(14(2)12-16)26-17-7-9-25-10-8-17/h5-6,12-13,15,17H,3-4,7-11H2,1-2H3,(H,21,23)(H,22,24). The van der Waals surface area contributed by atoms with Crippen molar-refractivity contribution in [2.45, 2.75) is 58.1 Å². The molecule has 2 aliphatic rings. The number of hydrogen-bond donors (Lipinski definition) is 2. The summed E-state index contributed by atoms with van der Waals surface area (Å²) in [5, 5.41) is 5.49. The highest BCUT2D eigenvalue weighted by Crippen LogP contribution is 2.26. The van der Waals surface area contributed by atoms with Gasteiger partial charge in [0.05, 0.1) is 13.2 Å².